The van der Waals surface area contributed by atoms with Gasteiger partial charge in [0.2, 0.25) is 5.91 Å². The van der Waals surface area contributed by atoms with Crippen molar-refractivity contribution in [3.05, 3.63) is 30.2 Å². The summed E-state index contributed by atoms with van der Waals surface area (Å²) in [5.41, 5.74) is 0. The Hall–Kier alpha value is -2.04. The molecule has 0 saturated carbocycles. The Morgan fingerprint density at radius 1 is 1.60 bits per heavy atom. The van der Waals surface area contributed by atoms with Crippen molar-refractivity contribution in [2.75, 3.05) is 0 Å². The Bertz CT molecular complexity index is 367. The van der Waals surface area contributed by atoms with Crippen molar-refractivity contribution in [3.63, 3.8) is 0 Å². The van der Waals surface area contributed by atoms with E-state index in [0.29, 0.717) is 5.76 Å². The van der Waals surface area contributed by atoms with Crippen LogP contribution in [-0.2, 0) is 9.59 Å². The average molecular weight is 209 g/mol. The van der Waals surface area contributed by atoms with Crippen LogP contribution in [0.5, 0.6) is 0 Å². The third-order valence-corrected chi connectivity index (χ3v) is 1.67. The Kier molecular flexibility index (Phi) is 3.68. The van der Waals surface area contributed by atoms with Crippen molar-refractivity contribution in [3.8, 4) is 0 Å². The largest absolute Gasteiger partial charge is 0.480 e. The van der Waals surface area contributed by atoms with Crippen molar-refractivity contribution >= 4 is 18.0 Å². The van der Waals surface area contributed by atoms with E-state index >= 15 is 0 Å². The Morgan fingerprint density at radius 2 is 2.33 bits per heavy atom. The molecule has 1 aromatic heterocycles. The number of amides is 1. The summed E-state index contributed by atoms with van der Waals surface area (Å²) < 4.78 is 4.95. The van der Waals surface area contributed by atoms with Crippen LogP contribution in [0.3, 0.4) is 0 Å². The van der Waals surface area contributed by atoms with Crippen LogP contribution in [0.1, 0.15) is 12.7 Å². The number of carbonyl (C=O) groups is 2. The molecule has 0 aromatic carbocycles. The van der Waals surface area contributed by atoms with E-state index in [2.05, 4.69) is 5.32 Å². The molecule has 0 spiro atoms. The average Bonchev–Trinajstić information content (AvgIpc) is 2.66. The van der Waals surface area contributed by atoms with Crippen molar-refractivity contribution in [2.24, 2.45) is 0 Å². The standard InChI is InChI=1S/C10H11NO4/c1-7(10(13)14)11-9(12)5-4-8-3-2-6-15-8/h2-7H,1H3,(H,11,12)(H,13,14)/t7-/m1/s1. The van der Waals surface area contributed by atoms with E-state index in [4.69, 9.17) is 9.52 Å². The minimum absolute atomic E-state index is 0.471. The van der Waals surface area contributed by atoms with Crippen LogP contribution < -0.4 is 5.32 Å². The predicted octanol–water partition coefficient (Wildman–Crippen LogP) is 0.882. The summed E-state index contributed by atoms with van der Waals surface area (Å²) in [5.74, 6) is -1.01. The van der Waals surface area contributed by atoms with E-state index in [-0.39, 0.29) is 0 Å². The minimum Gasteiger partial charge on any atom is -0.480 e. The maximum absolute atomic E-state index is 11.2. The summed E-state index contributed by atoms with van der Waals surface area (Å²) in [6.45, 7) is 1.39. The minimum atomic E-state index is -1.07. The van der Waals surface area contributed by atoms with Crippen LogP contribution in [0, 0.1) is 0 Å². The fraction of sp³-hybridized carbons (Fsp3) is 0.200. The zero-order valence-corrected chi connectivity index (χ0v) is 8.14. The van der Waals surface area contributed by atoms with E-state index in [0.717, 1.165) is 0 Å². The molecule has 0 unspecified atom stereocenters. The SMILES string of the molecule is C[C@@H](NC(=O)C=Cc1ccco1)C(=O)O. The van der Waals surface area contributed by atoms with E-state index in [1.54, 1.807) is 12.1 Å². The lowest BCUT2D eigenvalue weighted by Crippen LogP contribution is -2.37. The Labute approximate surface area is 86.4 Å². The normalized spacial score (nSPS) is 12.6. The molecule has 1 heterocycles. The van der Waals surface area contributed by atoms with Gasteiger partial charge in [0.25, 0.3) is 0 Å². The second-order valence-corrected chi connectivity index (χ2v) is 2.92. The second-order valence-electron chi connectivity index (χ2n) is 2.92. The van der Waals surface area contributed by atoms with Gasteiger partial charge in [-0.25, -0.2) is 0 Å². The summed E-state index contributed by atoms with van der Waals surface area (Å²) in [5, 5.41) is 10.8. The van der Waals surface area contributed by atoms with E-state index in [1.807, 2.05) is 0 Å². The fourth-order valence-corrected chi connectivity index (χ4v) is 0.867. The first kappa shape index (κ1) is 11.0. The van der Waals surface area contributed by atoms with Crippen LogP contribution in [0.25, 0.3) is 6.08 Å². The van der Waals surface area contributed by atoms with Crippen LogP contribution in [0.4, 0.5) is 0 Å². The number of aliphatic carboxylic acids is 1. The lowest BCUT2D eigenvalue weighted by Gasteiger charge is -2.05. The third kappa shape index (κ3) is 3.68. The molecule has 0 saturated heterocycles. The van der Waals surface area contributed by atoms with Gasteiger partial charge in [0.1, 0.15) is 11.8 Å². The number of hydrogen-bond acceptors (Lipinski definition) is 3. The number of nitrogens with one attached hydrogen (secondary N) is 1. The lowest BCUT2D eigenvalue weighted by molar-refractivity contribution is -0.140. The molecule has 1 amide bonds. The highest BCUT2D eigenvalue weighted by atomic mass is 16.4. The highest BCUT2D eigenvalue weighted by Crippen LogP contribution is 2.01. The highest BCUT2D eigenvalue weighted by molar-refractivity contribution is 5.93. The van der Waals surface area contributed by atoms with Crippen molar-refractivity contribution < 1.29 is 19.1 Å². The fourth-order valence-electron chi connectivity index (χ4n) is 0.867. The molecular weight excluding hydrogens is 198 g/mol. The monoisotopic (exact) mass is 209 g/mol. The number of furan rings is 1. The molecule has 5 heteroatoms. The molecule has 5 nitrogen and oxygen atoms in total. The molecule has 1 rings (SSSR count). The van der Waals surface area contributed by atoms with Crippen molar-refractivity contribution in [1.29, 1.82) is 0 Å². The van der Waals surface area contributed by atoms with Crippen molar-refractivity contribution in [1.82, 2.24) is 5.32 Å². The molecule has 0 fully saturated rings. The summed E-state index contributed by atoms with van der Waals surface area (Å²) in [6.07, 6.45) is 4.17. The molecule has 80 valence electrons. The molecule has 0 radical (unpaired) electrons. The predicted molar refractivity (Wildman–Crippen MR) is 53.0 cm³/mol. The Balaban J connectivity index is 2.46. The number of carboxylic acid groups (broad SMARTS) is 1. The van der Waals surface area contributed by atoms with Gasteiger partial charge < -0.3 is 14.8 Å². The summed E-state index contributed by atoms with van der Waals surface area (Å²) in [6, 6.07) is 2.47. The number of rotatable bonds is 4. The van der Waals surface area contributed by atoms with Crippen molar-refractivity contribution in [2.45, 2.75) is 13.0 Å². The third-order valence-electron chi connectivity index (χ3n) is 1.67. The van der Waals surface area contributed by atoms with Gasteiger partial charge in [-0.15, -0.1) is 0 Å². The van der Waals surface area contributed by atoms with Gasteiger partial charge in [-0.3, -0.25) is 9.59 Å². The smallest absolute Gasteiger partial charge is 0.325 e. The zero-order valence-electron chi connectivity index (χ0n) is 8.14. The van der Waals surface area contributed by atoms with Gasteiger partial charge in [0, 0.05) is 6.08 Å². The van der Waals surface area contributed by atoms with Gasteiger partial charge in [-0.2, -0.15) is 0 Å². The molecule has 0 aliphatic heterocycles. The maximum atomic E-state index is 11.2. The summed E-state index contributed by atoms with van der Waals surface area (Å²) in [4.78, 5) is 21.6. The first-order valence-electron chi connectivity index (χ1n) is 4.34. The second kappa shape index (κ2) is 4.99. The summed E-state index contributed by atoms with van der Waals surface area (Å²) >= 11 is 0. The van der Waals surface area contributed by atoms with E-state index in [9.17, 15) is 9.59 Å². The maximum Gasteiger partial charge on any atom is 0.325 e. The molecular formula is C10H11NO4. The number of carboxylic acids is 1. The quantitative estimate of drug-likeness (QED) is 0.721. The van der Waals surface area contributed by atoms with Crippen LogP contribution >= 0.6 is 0 Å². The van der Waals surface area contributed by atoms with Crippen LogP contribution in [-0.4, -0.2) is 23.0 Å². The van der Waals surface area contributed by atoms with Gasteiger partial charge >= 0.3 is 5.97 Å². The van der Waals surface area contributed by atoms with E-state index in [1.165, 1.54) is 25.3 Å². The molecule has 0 bridgehead atoms. The lowest BCUT2D eigenvalue weighted by atomic mass is 10.3. The summed E-state index contributed by atoms with van der Waals surface area (Å²) in [7, 11) is 0. The zero-order chi connectivity index (χ0) is 11.3. The molecule has 0 aliphatic rings. The van der Waals surface area contributed by atoms with Gasteiger partial charge in [-0.05, 0) is 25.1 Å². The van der Waals surface area contributed by atoms with Crippen LogP contribution in [0.15, 0.2) is 28.9 Å². The van der Waals surface area contributed by atoms with Gasteiger partial charge in [0.15, 0.2) is 0 Å². The number of carbonyl (C=O) groups excluding carboxylic acids is 1. The van der Waals surface area contributed by atoms with Gasteiger partial charge in [0.05, 0.1) is 6.26 Å². The van der Waals surface area contributed by atoms with Crippen LogP contribution in [0.2, 0.25) is 0 Å². The van der Waals surface area contributed by atoms with Gasteiger partial charge in [-0.1, -0.05) is 0 Å². The number of hydrogen-bond donors (Lipinski definition) is 2. The highest BCUT2D eigenvalue weighted by Gasteiger charge is 2.11. The molecule has 0 aliphatic carbocycles. The topological polar surface area (TPSA) is 79.5 Å². The molecule has 2 N–H and O–H groups in total. The molecule has 15 heavy (non-hydrogen) atoms. The first-order valence-corrected chi connectivity index (χ1v) is 4.34. The molecule has 1 atom stereocenters. The van der Waals surface area contributed by atoms with E-state index < -0.39 is 17.9 Å². The first-order chi connectivity index (χ1) is 7.09. The Morgan fingerprint density at radius 3 is 2.87 bits per heavy atom. The molecule has 1 aromatic rings.